The fraction of sp³-hybridized carbons (Fsp3) is 0.556. The summed E-state index contributed by atoms with van der Waals surface area (Å²) in [7, 11) is 3.47. The number of benzene rings is 1. The number of hydrogen-bond acceptors (Lipinski definition) is 3. The summed E-state index contributed by atoms with van der Waals surface area (Å²) in [5, 5.41) is 6.40. The lowest BCUT2D eigenvalue weighted by Crippen LogP contribution is -2.45. The van der Waals surface area contributed by atoms with Crippen LogP contribution < -0.4 is 15.4 Å². The van der Waals surface area contributed by atoms with Crippen molar-refractivity contribution in [1.82, 2.24) is 15.5 Å². The summed E-state index contributed by atoms with van der Waals surface area (Å²) in [4.78, 5) is 17.9. The van der Waals surface area contributed by atoms with E-state index in [0.717, 1.165) is 17.7 Å². The number of carbonyl (C=O) groups is 1. The Morgan fingerprint density at radius 3 is 2.62 bits per heavy atom. The number of carbonyl (C=O) groups excluding carboxylic acids is 1. The number of para-hydroxylation sites is 1. The largest absolute Gasteiger partial charge is 0.494 e. The maximum atomic E-state index is 11.8. The van der Waals surface area contributed by atoms with Gasteiger partial charge in [0.05, 0.1) is 19.7 Å². The van der Waals surface area contributed by atoms with Gasteiger partial charge in [-0.25, -0.2) is 4.99 Å². The van der Waals surface area contributed by atoms with Crippen LogP contribution in [0.1, 0.15) is 32.8 Å². The summed E-state index contributed by atoms with van der Waals surface area (Å²) in [6.45, 7) is 7.46. The SMILES string of the molecule is CCOc1ccccc1CN=C(NCC(=O)N(C)C)NC(C)CC. The van der Waals surface area contributed by atoms with Crippen LogP contribution in [-0.4, -0.2) is 50.1 Å². The van der Waals surface area contributed by atoms with Gasteiger partial charge in [-0.05, 0) is 26.3 Å². The minimum Gasteiger partial charge on any atom is -0.494 e. The van der Waals surface area contributed by atoms with Gasteiger partial charge in [0, 0.05) is 25.7 Å². The number of guanidine groups is 1. The third-order valence-corrected chi connectivity index (χ3v) is 3.58. The molecule has 6 heteroatoms. The second-order valence-electron chi connectivity index (χ2n) is 5.80. The Balaban J connectivity index is 2.81. The molecule has 0 bridgehead atoms. The highest BCUT2D eigenvalue weighted by molar-refractivity contribution is 5.86. The van der Waals surface area contributed by atoms with E-state index in [1.807, 2.05) is 31.2 Å². The Kier molecular flexibility index (Phi) is 8.68. The van der Waals surface area contributed by atoms with E-state index in [1.165, 1.54) is 0 Å². The highest BCUT2D eigenvalue weighted by atomic mass is 16.5. The molecule has 0 saturated heterocycles. The summed E-state index contributed by atoms with van der Waals surface area (Å²) >= 11 is 0. The van der Waals surface area contributed by atoms with E-state index < -0.39 is 0 Å². The first-order valence-corrected chi connectivity index (χ1v) is 8.43. The van der Waals surface area contributed by atoms with Gasteiger partial charge in [0.25, 0.3) is 0 Å². The van der Waals surface area contributed by atoms with Crippen LogP contribution >= 0.6 is 0 Å². The number of amides is 1. The van der Waals surface area contributed by atoms with Crippen molar-refractivity contribution in [2.24, 2.45) is 4.99 Å². The number of nitrogens with one attached hydrogen (secondary N) is 2. The predicted molar refractivity (Wildman–Crippen MR) is 98.3 cm³/mol. The van der Waals surface area contributed by atoms with Crippen molar-refractivity contribution < 1.29 is 9.53 Å². The molecule has 1 aromatic rings. The molecule has 0 fully saturated rings. The number of likely N-dealkylation sites (N-methyl/N-ethyl adjacent to an activating group) is 1. The lowest BCUT2D eigenvalue weighted by molar-refractivity contribution is -0.127. The van der Waals surface area contributed by atoms with Crippen LogP contribution in [-0.2, 0) is 11.3 Å². The van der Waals surface area contributed by atoms with E-state index in [0.29, 0.717) is 19.1 Å². The first-order valence-electron chi connectivity index (χ1n) is 8.43. The van der Waals surface area contributed by atoms with Crippen molar-refractivity contribution in [3.05, 3.63) is 29.8 Å². The molecule has 0 heterocycles. The summed E-state index contributed by atoms with van der Waals surface area (Å²) < 4.78 is 5.63. The molecule has 1 aromatic carbocycles. The zero-order valence-electron chi connectivity index (χ0n) is 15.4. The summed E-state index contributed by atoms with van der Waals surface area (Å²) in [6, 6.07) is 8.13. The molecular formula is C18H30N4O2. The number of aliphatic imine (C=N–C) groups is 1. The highest BCUT2D eigenvalue weighted by Gasteiger charge is 2.09. The van der Waals surface area contributed by atoms with Gasteiger partial charge in [-0.2, -0.15) is 0 Å². The zero-order chi connectivity index (χ0) is 17.9. The van der Waals surface area contributed by atoms with Crippen molar-refractivity contribution in [2.75, 3.05) is 27.2 Å². The molecule has 2 N–H and O–H groups in total. The number of hydrogen-bond donors (Lipinski definition) is 2. The smallest absolute Gasteiger partial charge is 0.241 e. The Labute approximate surface area is 145 Å². The minimum atomic E-state index is 0.00312. The second kappa shape index (κ2) is 10.5. The Hall–Kier alpha value is -2.24. The summed E-state index contributed by atoms with van der Waals surface area (Å²) in [5.74, 6) is 1.48. The zero-order valence-corrected chi connectivity index (χ0v) is 15.4. The fourth-order valence-electron chi connectivity index (χ4n) is 1.90. The average Bonchev–Trinajstić information content (AvgIpc) is 2.58. The highest BCUT2D eigenvalue weighted by Crippen LogP contribution is 2.18. The van der Waals surface area contributed by atoms with Gasteiger partial charge < -0.3 is 20.3 Å². The third-order valence-electron chi connectivity index (χ3n) is 3.58. The van der Waals surface area contributed by atoms with E-state index in [9.17, 15) is 4.79 Å². The van der Waals surface area contributed by atoms with Crippen LogP contribution in [0.3, 0.4) is 0 Å². The maximum absolute atomic E-state index is 11.8. The van der Waals surface area contributed by atoms with Gasteiger partial charge in [0.1, 0.15) is 5.75 Å². The maximum Gasteiger partial charge on any atom is 0.241 e. The van der Waals surface area contributed by atoms with Crippen LogP contribution in [0.4, 0.5) is 0 Å². The first kappa shape index (κ1) is 19.8. The molecule has 24 heavy (non-hydrogen) atoms. The standard InChI is InChI=1S/C18H30N4O2/c1-6-14(3)21-18(20-13-17(23)22(4)5)19-12-15-10-8-9-11-16(15)24-7-2/h8-11,14H,6-7,12-13H2,1-5H3,(H2,19,20,21). The number of nitrogens with zero attached hydrogens (tertiary/aromatic N) is 2. The molecule has 0 radical (unpaired) electrons. The molecule has 1 atom stereocenters. The van der Waals surface area contributed by atoms with E-state index in [2.05, 4.69) is 29.5 Å². The third kappa shape index (κ3) is 6.89. The van der Waals surface area contributed by atoms with Crippen LogP contribution in [0, 0.1) is 0 Å². The van der Waals surface area contributed by atoms with Crippen LogP contribution in [0.2, 0.25) is 0 Å². The molecule has 6 nitrogen and oxygen atoms in total. The molecule has 0 saturated carbocycles. The van der Waals surface area contributed by atoms with Crippen LogP contribution in [0.5, 0.6) is 5.75 Å². The molecule has 0 aliphatic heterocycles. The van der Waals surface area contributed by atoms with Crippen molar-refractivity contribution >= 4 is 11.9 Å². The average molecular weight is 334 g/mol. The molecule has 0 spiro atoms. The number of ether oxygens (including phenoxy) is 1. The van der Waals surface area contributed by atoms with Gasteiger partial charge in [0.15, 0.2) is 5.96 Å². The van der Waals surface area contributed by atoms with E-state index in [-0.39, 0.29) is 18.5 Å². The van der Waals surface area contributed by atoms with Gasteiger partial charge in [-0.1, -0.05) is 25.1 Å². The quantitative estimate of drug-likeness (QED) is 0.564. The predicted octanol–water partition coefficient (Wildman–Crippen LogP) is 2.01. The van der Waals surface area contributed by atoms with Crippen molar-refractivity contribution in [2.45, 2.75) is 39.8 Å². The van der Waals surface area contributed by atoms with E-state index in [1.54, 1.807) is 19.0 Å². The van der Waals surface area contributed by atoms with E-state index >= 15 is 0 Å². The van der Waals surface area contributed by atoms with Gasteiger partial charge >= 0.3 is 0 Å². The second-order valence-corrected chi connectivity index (χ2v) is 5.80. The van der Waals surface area contributed by atoms with Crippen molar-refractivity contribution in [1.29, 1.82) is 0 Å². The molecule has 0 aliphatic rings. The lowest BCUT2D eigenvalue weighted by atomic mass is 10.2. The van der Waals surface area contributed by atoms with Gasteiger partial charge in [-0.15, -0.1) is 0 Å². The van der Waals surface area contributed by atoms with Crippen molar-refractivity contribution in [3.63, 3.8) is 0 Å². The molecular weight excluding hydrogens is 304 g/mol. The molecule has 134 valence electrons. The molecule has 1 amide bonds. The Bertz CT molecular complexity index is 544. The van der Waals surface area contributed by atoms with Crippen molar-refractivity contribution in [3.8, 4) is 5.75 Å². The fourth-order valence-corrected chi connectivity index (χ4v) is 1.90. The number of rotatable bonds is 8. The summed E-state index contributed by atoms with van der Waals surface area (Å²) in [6.07, 6.45) is 0.970. The first-order chi connectivity index (χ1) is 11.5. The van der Waals surface area contributed by atoms with Crippen LogP contribution in [0.15, 0.2) is 29.3 Å². The van der Waals surface area contributed by atoms with Gasteiger partial charge in [0.2, 0.25) is 5.91 Å². The van der Waals surface area contributed by atoms with Gasteiger partial charge in [-0.3, -0.25) is 4.79 Å². The molecule has 0 aromatic heterocycles. The monoisotopic (exact) mass is 334 g/mol. The molecule has 1 rings (SSSR count). The van der Waals surface area contributed by atoms with Crippen LogP contribution in [0.25, 0.3) is 0 Å². The summed E-state index contributed by atoms with van der Waals surface area (Å²) in [5.41, 5.74) is 1.02. The lowest BCUT2D eigenvalue weighted by Gasteiger charge is -2.18. The Morgan fingerprint density at radius 1 is 1.29 bits per heavy atom. The van der Waals surface area contributed by atoms with E-state index in [4.69, 9.17) is 4.74 Å². The molecule has 1 unspecified atom stereocenters. The molecule has 0 aliphatic carbocycles. The normalized spacial score (nSPS) is 12.5. The topological polar surface area (TPSA) is 66.0 Å². The Morgan fingerprint density at radius 2 is 2.00 bits per heavy atom. The minimum absolute atomic E-state index is 0.00312.